The quantitative estimate of drug-likeness (QED) is 0.0552. The molecule has 0 radical (unpaired) electrons. The Hall–Kier alpha value is -5.98. The minimum absolute atomic E-state index is 0.177. The van der Waals surface area contributed by atoms with E-state index in [1.807, 2.05) is 194 Å². The van der Waals surface area contributed by atoms with Gasteiger partial charge in [-0.3, -0.25) is 0 Å². The van der Waals surface area contributed by atoms with Crippen LogP contribution in [0.1, 0.15) is 33.4 Å². The summed E-state index contributed by atoms with van der Waals surface area (Å²) in [6.45, 7) is 6.24. The van der Waals surface area contributed by atoms with E-state index in [9.17, 15) is 0 Å². The first kappa shape index (κ1) is 47.5. The molecular weight excluding hydrogens is 841 g/mol. The van der Waals surface area contributed by atoms with E-state index in [0.29, 0.717) is 26.4 Å². The molecule has 8 atom stereocenters. The van der Waals surface area contributed by atoms with Crippen molar-refractivity contribution in [2.45, 2.75) is 88.7 Å². The molecule has 0 unspecified atom stereocenters. The third-order valence-corrected chi connectivity index (χ3v) is 11.6. The SMILES string of the molecule is C=C/C=C\C1=CO[C@H](COCc2ccccc2)[C@@H](O[C@@H]2O[C@H](COCc3ccccc3)[C@H](OCc3ccccc3)[C@H](OCc3ccccc3)[C@H]2OCc2ccccc2)[C@@H]1OCc1ccccc1. The van der Waals surface area contributed by atoms with E-state index < -0.39 is 49.0 Å². The van der Waals surface area contributed by atoms with E-state index in [-0.39, 0.29) is 26.4 Å². The lowest BCUT2D eigenvalue weighted by Crippen LogP contribution is -2.63. The number of ether oxygens (including phenoxy) is 9. The highest BCUT2D eigenvalue weighted by Crippen LogP contribution is 2.36. The van der Waals surface area contributed by atoms with Gasteiger partial charge < -0.3 is 42.6 Å². The van der Waals surface area contributed by atoms with Gasteiger partial charge >= 0.3 is 0 Å². The highest BCUT2D eigenvalue weighted by Gasteiger charge is 2.52. The summed E-state index contributed by atoms with van der Waals surface area (Å²) in [6, 6.07) is 60.5. The summed E-state index contributed by atoms with van der Waals surface area (Å²) in [5.41, 5.74) is 6.85. The number of hydrogen-bond acceptors (Lipinski definition) is 9. The van der Waals surface area contributed by atoms with Gasteiger partial charge in [0.25, 0.3) is 0 Å². The minimum atomic E-state index is -1.03. The van der Waals surface area contributed by atoms with Gasteiger partial charge in [-0.2, -0.15) is 0 Å². The van der Waals surface area contributed by atoms with Crippen molar-refractivity contribution in [2.75, 3.05) is 13.2 Å². The molecule has 1 saturated heterocycles. The third kappa shape index (κ3) is 14.3. The number of hydrogen-bond donors (Lipinski definition) is 0. The van der Waals surface area contributed by atoms with Crippen LogP contribution in [0.25, 0.3) is 0 Å². The van der Waals surface area contributed by atoms with Gasteiger partial charge in [0.05, 0.1) is 59.1 Å². The minimum Gasteiger partial charge on any atom is -0.492 e. The monoisotopic (exact) mass is 900 g/mol. The van der Waals surface area contributed by atoms with Crippen molar-refractivity contribution in [1.82, 2.24) is 0 Å². The predicted octanol–water partition coefficient (Wildman–Crippen LogP) is 10.9. The average molecular weight is 901 g/mol. The highest BCUT2D eigenvalue weighted by molar-refractivity contribution is 5.28. The van der Waals surface area contributed by atoms with Crippen LogP contribution in [0.5, 0.6) is 0 Å². The van der Waals surface area contributed by atoms with E-state index in [1.54, 1.807) is 12.3 Å². The molecule has 346 valence electrons. The highest BCUT2D eigenvalue weighted by atomic mass is 16.7. The van der Waals surface area contributed by atoms with Crippen LogP contribution < -0.4 is 0 Å². The van der Waals surface area contributed by atoms with Gasteiger partial charge in [-0.15, -0.1) is 0 Å². The van der Waals surface area contributed by atoms with Gasteiger partial charge in [0, 0.05) is 5.57 Å². The Labute approximate surface area is 395 Å². The first-order valence-corrected chi connectivity index (χ1v) is 23.0. The van der Waals surface area contributed by atoms with Crippen LogP contribution in [0.2, 0.25) is 0 Å². The molecule has 6 aromatic carbocycles. The molecule has 67 heavy (non-hydrogen) atoms. The molecule has 6 aromatic rings. The van der Waals surface area contributed by atoms with Crippen LogP contribution in [-0.4, -0.2) is 62.2 Å². The molecule has 0 spiro atoms. The summed E-state index contributed by atoms with van der Waals surface area (Å²) in [5.74, 6) is 0. The molecule has 2 aliphatic rings. The molecule has 0 bridgehead atoms. The Morgan fingerprint density at radius 2 is 0.806 bits per heavy atom. The Morgan fingerprint density at radius 3 is 1.25 bits per heavy atom. The molecule has 1 fully saturated rings. The van der Waals surface area contributed by atoms with Gasteiger partial charge in [-0.25, -0.2) is 0 Å². The molecule has 0 saturated carbocycles. The second kappa shape index (κ2) is 25.8. The molecule has 0 amide bonds. The summed E-state index contributed by atoms with van der Waals surface area (Å²) in [5, 5.41) is 0. The summed E-state index contributed by atoms with van der Waals surface area (Å²) in [4.78, 5) is 0. The normalized spacial score (nSPS) is 22.8. The fourth-order valence-corrected chi connectivity index (χ4v) is 8.13. The molecule has 2 aliphatic heterocycles. The maximum absolute atomic E-state index is 7.38. The molecular formula is C58H60O9. The van der Waals surface area contributed by atoms with E-state index in [1.165, 1.54) is 0 Å². The van der Waals surface area contributed by atoms with Crippen molar-refractivity contribution in [3.05, 3.63) is 252 Å². The summed E-state index contributed by atoms with van der Waals surface area (Å²) in [6.07, 6.45) is 1.40. The Kier molecular flexibility index (Phi) is 18.3. The number of allylic oxidation sites excluding steroid dienone is 2. The molecule has 0 aromatic heterocycles. The van der Waals surface area contributed by atoms with Crippen molar-refractivity contribution in [3.63, 3.8) is 0 Å². The van der Waals surface area contributed by atoms with Gasteiger partial charge in [-0.05, 0) is 33.4 Å². The lowest BCUT2D eigenvalue weighted by molar-refractivity contribution is -0.347. The Bertz CT molecular complexity index is 2360. The van der Waals surface area contributed by atoms with Crippen LogP contribution in [-0.2, 0) is 82.3 Å². The van der Waals surface area contributed by atoms with Crippen LogP contribution in [0.15, 0.2) is 219 Å². The number of benzene rings is 6. The molecule has 0 N–H and O–H groups in total. The van der Waals surface area contributed by atoms with Crippen molar-refractivity contribution in [3.8, 4) is 0 Å². The van der Waals surface area contributed by atoms with Gasteiger partial charge in [0.15, 0.2) is 12.4 Å². The van der Waals surface area contributed by atoms with E-state index in [0.717, 1.165) is 39.0 Å². The molecule has 9 heteroatoms. The van der Waals surface area contributed by atoms with Crippen LogP contribution in [0.4, 0.5) is 0 Å². The van der Waals surface area contributed by atoms with Gasteiger partial charge in [-0.1, -0.05) is 207 Å². The average Bonchev–Trinajstić information content (AvgIpc) is 3.38. The van der Waals surface area contributed by atoms with Gasteiger partial charge in [0.2, 0.25) is 0 Å². The largest absolute Gasteiger partial charge is 0.492 e. The van der Waals surface area contributed by atoms with Gasteiger partial charge in [0.1, 0.15) is 36.6 Å². The maximum atomic E-state index is 7.38. The standard InChI is InChI=1S/C58H60O9/c1-2-3-34-50-41-61-51(42-59-35-44-22-10-4-11-23-44)55(53(50)62-37-46-26-14-6-15-27-46)67-58-57(65-40-49-32-20-9-21-33-49)56(64-39-48-30-18-8-19-31-48)54(63-38-47-28-16-7-17-29-47)52(66-58)43-60-36-45-24-12-5-13-25-45/h2-34,41,51-58H,1,35-40,42-43H2/b34-3-/t51-,52-,53-,54+,55-,56+,57-,58+/m1/s1. The lowest BCUT2D eigenvalue weighted by Gasteiger charge is -2.48. The zero-order chi connectivity index (χ0) is 45.7. The molecule has 0 aliphatic carbocycles. The fraction of sp³-hybridized carbons (Fsp3) is 0.276. The predicted molar refractivity (Wildman–Crippen MR) is 258 cm³/mol. The van der Waals surface area contributed by atoms with E-state index >= 15 is 0 Å². The van der Waals surface area contributed by atoms with Crippen LogP contribution in [0.3, 0.4) is 0 Å². The smallest absolute Gasteiger partial charge is 0.187 e. The lowest BCUT2D eigenvalue weighted by atomic mass is 9.95. The molecule has 9 nitrogen and oxygen atoms in total. The number of rotatable bonds is 24. The summed E-state index contributed by atoms with van der Waals surface area (Å²) < 4.78 is 61.9. The van der Waals surface area contributed by atoms with E-state index in [2.05, 4.69) is 6.58 Å². The van der Waals surface area contributed by atoms with Crippen LogP contribution in [0, 0.1) is 0 Å². The van der Waals surface area contributed by atoms with Crippen molar-refractivity contribution < 1.29 is 42.6 Å². The maximum Gasteiger partial charge on any atom is 0.187 e. The molecule has 8 rings (SSSR count). The zero-order valence-corrected chi connectivity index (χ0v) is 37.8. The van der Waals surface area contributed by atoms with Crippen molar-refractivity contribution in [1.29, 1.82) is 0 Å². The first-order valence-electron chi connectivity index (χ1n) is 23.0. The fourth-order valence-electron chi connectivity index (χ4n) is 8.13. The third-order valence-electron chi connectivity index (χ3n) is 11.6. The topological polar surface area (TPSA) is 83.1 Å². The summed E-state index contributed by atoms with van der Waals surface area (Å²) >= 11 is 0. The first-order chi connectivity index (χ1) is 33.2. The van der Waals surface area contributed by atoms with Crippen LogP contribution >= 0.6 is 0 Å². The Balaban J connectivity index is 1.17. The van der Waals surface area contributed by atoms with Crippen molar-refractivity contribution >= 4 is 0 Å². The molecule has 2 heterocycles. The Morgan fingerprint density at radius 1 is 0.418 bits per heavy atom. The second-order valence-corrected chi connectivity index (χ2v) is 16.5. The summed E-state index contributed by atoms with van der Waals surface area (Å²) in [7, 11) is 0. The zero-order valence-electron chi connectivity index (χ0n) is 37.8. The second-order valence-electron chi connectivity index (χ2n) is 16.5. The van der Waals surface area contributed by atoms with E-state index in [4.69, 9.17) is 42.6 Å². The van der Waals surface area contributed by atoms with Crippen molar-refractivity contribution in [2.24, 2.45) is 0 Å².